The second-order valence-electron chi connectivity index (χ2n) is 2.31. The molecule has 1 aromatic heterocycles. The lowest BCUT2D eigenvalue weighted by Gasteiger charge is -2.05. The standard InChI is InChI=1S/C7H7ClN2O3/c1-3-4(7(11)12)5(8)9-10-6(3)13-2/h1-2H3,(H,11,12). The van der Waals surface area contributed by atoms with Crippen LogP contribution in [0.3, 0.4) is 0 Å². The van der Waals surface area contributed by atoms with E-state index in [0.29, 0.717) is 5.56 Å². The Balaban J connectivity index is 3.38. The van der Waals surface area contributed by atoms with Crippen LogP contribution in [0.5, 0.6) is 5.88 Å². The van der Waals surface area contributed by atoms with Crippen LogP contribution in [0, 0.1) is 6.92 Å². The molecule has 0 saturated heterocycles. The molecule has 0 amide bonds. The molecule has 13 heavy (non-hydrogen) atoms. The quantitative estimate of drug-likeness (QED) is 0.779. The lowest BCUT2D eigenvalue weighted by atomic mass is 10.2. The zero-order valence-corrected chi connectivity index (χ0v) is 7.79. The highest BCUT2D eigenvalue weighted by molar-refractivity contribution is 6.32. The number of methoxy groups -OCH3 is 1. The third-order valence-electron chi connectivity index (χ3n) is 1.54. The third kappa shape index (κ3) is 1.70. The van der Waals surface area contributed by atoms with Crippen molar-refractivity contribution >= 4 is 17.6 Å². The summed E-state index contributed by atoms with van der Waals surface area (Å²) in [5.41, 5.74) is 0.295. The number of rotatable bonds is 2. The molecule has 0 aliphatic heterocycles. The van der Waals surface area contributed by atoms with E-state index in [1.165, 1.54) is 7.11 Å². The molecule has 5 nitrogen and oxygen atoms in total. The van der Waals surface area contributed by atoms with Crippen LogP contribution in [0.1, 0.15) is 15.9 Å². The highest BCUT2D eigenvalue weighted by Crippen LogP contribution is 2.22. The van der Waals surface area contributed by atoms with Gasteiger partial charge in [0.1, 0.15) is 5.56 Å². The van der Waals surface area contributed by atoms with Crippen LogP contribution < -0.4 is 4.74 Å². The number of carboxylic acid groups (broad SMARTS) is 1. The van der Waals surface area contributed by atoms with Crippen molar-refractivity contribution in [1.82, 2.24) is 10.2 Å². The molecule has 1 rings (SSSR count). The monoisotopic (exact) mass is 202 g/mol. The van der Waals surface area contributed by atoms with E-state index in [1.54, 1.807) is 6.92 Å². The van der Waals surface area contributed by atoms with Crippen LogP contribution in [0.2, 0.25) is 5.15 Å². The summed E-state index contributed by atoms with van der Waals surface area (Å²) in [6, 6.07) is 0. The fraction of sp³-hybridized carbons (Fsp3) is 0.286. The maximum atomic E-state index is 10.7. The number of hydrogen-bond acceptors (Lipinski definition) is 4. The van der Waals surface area contributed by atoms with E-state index >= 15 is 0 Å². The molecule has 0 fully saturated rings. The Hall–Kier alpha value is -1.36. The first kappa shape index (κ1) is 9.73. The van der Waals surface area contributed by atoms with Crippen molar-refractivity contribution in [1.29, 1.82) is 0 Å². The highest BCUT2D eigenvalue weighted by Gasteiger charge is 2.17. The summed E-state index contributed by atoms with van der Waals surface area (Å²) in [5, 5.41) is 15.6. The number of halogens is 1. The summed E-state index contributed by atoms with van der Waals surface area (Å²) in [5.74, 6) is -0.975. The van der Waals surface area contributed by atoms with Gasteiger partial charge in [-0.15, -0.1) is 10.2 Å². The fourth-order valence-corrected chi connectivity index (χ4v) is 1.18. The molecular weight excluding hydrogens is 196 g/mol. The number of ether oxygens (including phenoxy) is 1. The molecule has 0 aromatic carbocycles. The van der Waals surface area contributed by atoms with Gasteiger partial charge in [0, 0.05) is 5.56 Å². The molecule has 0 saturated carbocycles. The van der Waals surface area contributed by atoms with Gasteiger partial charge < -0.3 is 9.84 Å². The van der Waals surface area contributed by atoms with Crippen LogP contribution in [0.15, 0.2) is 0 Å². The second kappa shape index (κ2) is 3.57. The van der Waals surface area contributed by atoms with E-state index in [4.69, 9.17) is 21.4 Å². The normalized spacial score (nSPS) is 9.77. The zero-order chi connectivity index (χ0) is 10.0. The van der Waals surface area contributed by atoms with Crippen molar-refractivity contribution in [3.63, 3.8) is 0 Å². The van der Waals surface area contributed by atoms with E-state index in [9.17, 15) is 4.79 Å². The van der Waals surface area contributed by atoms with Crippen molar-refractivity contribution in [2.75, 3.05) is 7.11 Å². The van der Waals surface area contributed by atoms with Gasteiger partial charge in [-0.2, -0.15) is 0 Å². The molecule has 70 valence electrons. The minimum Gasteiger partial charge on any atom is -0.480 e. The predicted octanol–water partition coefficient (Wildman–Crippen LogP) is 1.15. The molecule has 1 heterocycles. The molecule has 0 unspecified atom stereocenters. The maximum absolute atomic E-state index is 10.7. The van der Waals surface area contributed by atoms with Gasteiger partial charge >= 0.3 is 5.97 Å². The van der Waals surface area contributed by atoms with Gasteiger partial charge in [-0.1, -0.05) is 11.6 Å². The first-order valence-electron chi connectivity index (χ1n) is 3.38. The van der Waals surface area contributed by atoms with E-state index in [1.807, 2.05) is 0 Å². The van der Waals surface area contributed by atoms with Crippen LogP contribution in [0.4, 0.5) is 0 Å². The van der Waals surface area contributed by atoms with Crippen molar-refractivity contribution in [2.45, 2.75) is 6.92 Å². The number of nitrogens with zero attached hydrogens (tertiary/aromatic N) is 2. The third-order valence-corrected chi connectivity index (χ3v) is 1.80. The molecule has 0 bridgehead atoms. The van der Waals surface area contributed by atoms with Gasteiger partial charge in [0.15, 0.2) is 5.15 Å². The number of aromatic carboxylic acids is 1. The molecule has 0 atom stereocenters. The largest absolute Gasteiger partial charge is 0.480 e. The topological polar surface area (TPSA) is 72.3 Å². The van der Waals surface area contributed by atoms with Crippen molar-refractivity contribution in [2.24, 2.45) is 0 Å². The van der Waals surface area contributed by atoms with E-state index < -0.39 is 5.97 Å². The summed E-state index contributed by atoms with van der Waals surface area (Å²) in [4.78, 5) is 10.7. The van der Waals surface area contributed by atoms with Gasteiger partial charge in [0.2, 0.25) is 5.88 Å². The first-order chi connectivity index (χ1) is 6.07. The summed E-state index contributed by atoms with van der Waals surface area (Å²) in [7, 11) is 1.39. The number of carbonyl (C=O) groups is 1. The Morgan fingerprint density at radius 1 is 1.54 bits per heavy atom. The average Bonchev–Trinajstić information content (AvgIpc) is 2.04. The molecule has 1 aromatic rings. The van der Waals surface area contributed by atoms with Crippen LogP contribution in [0.25, 0.3) is 0 Å². The average molecular weight is 203 g/mol. The SMILES string of the molecule is COc1nnc(Cl)c(C(=O)O)c1C. The molecule has 0 aliphatic rings. The molecule has 0 radical (unpaired) electrons. The maximum Gasteiger partial charge on any atom is 0.339 e. The minimum absolute atomic E-state index is 0.0754. The predicted molar refractivity (Wildman–Crippen MR) is 45.3 cm³/mol. The molecule has 0 aliphatic carbocycles. The van der Waals surface area contributed by atoms with E-state index in [-0.39, 0.29) is 16.6 Å². The van der Waals surface area contributed by atoms with Gasteiger partial charge in [0.05, 0.1) is 7.11 Å². The van der Waals surface area contributed by atoms with Crippen molar-refractivity contribution < 1.29 is 14.6 Å². The Kier molecular flexibility index (Phi) is 2.67. The number of carboxylic acids is 1. The zero-order valence-electron chi connectivity index (χ0n) is 7.04. The van der Waals surface area contributed by atoms with Crippen molar-refractivity contribution in [3.05, 3.63) is 16.3 Å². The summed E-state index contributed by atoms with van der Waals surface area (Å²) < 4.78 is 4.80. The molecular formula is C7H7ClN2O3. The Morgan fingerprint density at radius 2 is 2.15 bits per heavy atom. The first-order valence-corrected chi connectivity index (χ1v) is 3.75. The highest BCUT2D eigenvalue weighted by atomic mass is 35.5. The van der Waals surface area contributed by atoms with Crippen LogP contribution in [-0.2, 0) is 0 Å². The van der Waals surface area contributed by atoms with Gasteiger partial charge in [-0.3, -0.25) is 0 Å². The van der Waals surface area contributed by atoms with E-state index in [0.717, 1.165) is 0 Å². The smallest absolute Gasteiger partial charge is 0.339 e. The Bertz CT molecular complexity index is 354. The Labute approximate surface area is 79.3 Å². The minimum atomic E-state index is -1.14. The van der Waals surface area contributed by atoms with Gasteiger partial charge in [0.25, 0.3) is 0 Å². The molecule has 1 N–H and O–H groups in total. The number of aromatic nitrogens is 2. The Morgan fingerprint density at radius 3 is 2.62 bits per heavy atom. The molecule has 0 spiro atoms. The van der Waals surface area contributed by atoms with Crippen LogP contribution in [-0.4, -0.2) is 28.4 Å². The number of hydrogen-bond donors (Lipinski definition) is 1. The lowest BCUT2D eigenvalue weighted by molar-refractivity contribution is 0.0695. The van der Waals surface area contributed by atoms with Crippen LogP contribution >= 0.6 is 11.6 Å². The van der Waals surface area contributed by atoms with Gasteiger partial charge in [-0.25, -0.2) is 4.79 Å². The summed E-state index contributed by atoms with van der Waals surface area (Å²) in [6.07, 6.45) is 0. The lowest BCUT2D eigenvalue weighted by Crippen LogP contribution is -2.06. The summed E-state index contributed by atoms with van der Waals surface area (Å²) >= 11 is 5.54. The van der Waals surface area contributed by atoms with Crippen molar-refractivity contribution in [3.8, 4) is 5.88 Å². The molecule has 6 heteroatoms. The van der Waals surface area contributed by atoms with Gasteiger partial charge in [-0.05, 0) is 6.92 Å². The summed E-state index contributed by atoms with van der Waals surface area (Å²) in [6.45, 7) is 1.56. The fourth-order valence-electron chi connectivity index (χ4n) is 0.919. The second-order valence-corrected chi connectivity index (χ2v) is 2.66. The van der Waals surface area contributed by atoms with E-state index in [2.05, 4.69) is 10.2 Å².